The summed E-state index contributed by atoms with van der Waals surface area (Å²) in [5.41, 5.74) is 0.745. The monoisotopic (exact) mass is 343 g/mol. The number of carbonyl (C=O) groups is 1. The van der Waals surface area contributed by atoms with E-state index < -0.39 is 0 Å². The molecule has 1 aliphatic heterocycles. The van der Waals surface area contributed by atoms with Crippen molar-refractivity contribution in [2.45, 2.75) is 45.4 Å². The number of amides is 1. The lowest BCUT2D eigenvalue weighted by molar-refractivity contribution is 0.0909. The van der Waals surface area contributed by atoms with E-state index >= 15 is 0 Å². The molecule has 0 radical (unpaired) electrons. The maximum absolute atomic E-state index is 12.0. The second-order valence-corrected chi connectivity index (χ2v) is 6.34. The summed E-state index contributed by atoms with van der Waals surface area (Å²) in [6, 6.07) is 3.90. The molecule has 0 spiro atoms. The summed E-state index contributed by atoms with van der Waals surface area (Å²) in [5.74, 6) is 1.02. The fourth-order valence-electron chi connectivity index (χ4n) is 2.91. The molecule has 1 amide bonds. The second-order valence-electron chi connectivity index (χ2n) is 6.34. The summed E-state index contributed by atoms with van der Waals surface area (Å²) in [4.78, 5) is 23.0. The van der Waals surface area contributed by atoms with Crippen molar-refractivity contribution >= 4 is 11.7 Å². The highest BCUT2D eigenvalue weighted by Gasteiger charge is 2.17. The molecular weight excluding hydrogens is 318 g/mol. The number of nitrogens with zero attached hydrogens (tertiary/aromatic N) is 4. The number of rotatable bonds is 7. The third-order valence-electron chi connectivity index (χ3n) is 4.37. The van der Waals surface area contributed by atoms with Crippen LogP contribution in [-0.4, -0.2) is 40.7 Å². The van der Waals surface area contributed by atoms with Gasteiger partial charge in [0.1, 0.15) is 5.82 Å². The Kier molecular flexibility index (Phi) is 5.98. The van der Waals surface area contributed by atoms with Crippen molar-refractivity contribution in [3.63, 3.8) is 0 Å². The van der Waals surface area contributed by atoms with Crippen LogP contribution in [0, 0.1) is 0 Å². The van der Waals surface area contributed by atoms with Crippen molar-refractivity contribution < 1.29 is 9.32 Å². The van der Waals surface area contributed by atoms with Crippen LogP contribution in [0.25, 0.3) is 11.4 Å². The van der Waals surface area contributed by atoms with Gasteiger partial charge in [0.15, 0.2) is 0 Å². The number of hydrogen-bond donors (Lipinski definition) is 1. The van der Waals surface area contributed by atoms with E-state index in [1.165, 1.54) is 19.3 Å². The second kappa shape index (κ2) is 8.60. The van der Waals surface area contributed by atoms with E-state index in [9.17, 15) is 4.79 Å². The molecule has 1 aliphatic rings. The topological polar surface area (TPSA) is 84.2 Å². The molecule has 7 nitrogen and oxygen atoms in total. The summed E-state index contributed by atoms with van der Waals surface area (Å²) in [6.45, 7) is 4.85. The van der Waals surface area contributed by atoms with Crippen molar-refractivity contribution in [2.75, 3.05) is 24.5 Å². The van der Waals surface area contributed by atoms with Crippen molar-refractivity contribution in [3.05, 3.63) is 24.2 Å². The predicted octanol–water partition coefficient (Wildman–Crippen LogP) is 3.04. The van der Waals surface area contributed by atoms with Gasteiger partial charge in [0.2, 0.25) is 5.82 Å². The summed E-state index contributed by atoms with van der Waals surface area (Å²) < 4.78 is 5.07. The minimum absolute atomic E-state index is 0.00777. The maximum Gasteiger partial charge on any atom is 0.316 e. The van der Waals surface area contributed by atoms with Crippen LogP contribution >= 0.6 is 0 Å². The SMILES string of the molecule is CCCCCNC(=O)c1nc(-c2ccc(N3CCCCC3)nc2)no1. The third kappa shape index (κ3) is 4.55. The molecule has 0 atom stereocenters. The molecule has 0 bridgehead atoms. The van der Waals surface area contributed by atoms with E-state index in [0.717, 1.165) is 43.7 Å². The lowest BCUT2D eigenvalue weighted by Gasteiger charge is -2.27. The van der Waals surface area contributed by atoms with E-state index in [0.29, 0.717) is 12.4 Å². The highest BCUT2D eigenvalue weighted by Crippen LogP contribution is 2.21. The van der Waals surface area contributed by atoms with Gasteiger partial charge in [-0.3, -0.25) is 4.79 Å². The van der Waals surface area contributed by atoms with Gasteiger partial charge in [0, 0.05) is 31.4 Å². The van der Waals surface area contributed by atoms with Gasteiger partial charge in [-0.25, -0.2) is 4.98 Å². The molecular formula is C18H25N5O2. The summed E-state index contributed by atoms with van der Waals surface area (Å²) in [7, 11) is 0. The average Bonchev–Trinajstić information content (AvgIpc) is 3.16. The Bertz CT molecular complexity index is 677. The summed E-state index contributed by atoms with van der Waals surface area (Å²) >= 11 is 0. The molecule has 2 aromatic rings. The van der Waals surface area contributed by atoms with Crippen LogP contribution < -0.4 is 10.2 Å². The molecule has 7 heteroatoms. The van der Waals surface area contributed by atoms with Crippen LogP contribution in [0.3, 0.4) is 0 Å². The molecule has 0 saturated carbocycles. The van der Waals surface area contributed by atoms with E-state index in [1.807, 2.05) is 12.1 Å². The first-order valence-corrected chi connectivity index (χ1v) is 9.11. The van der Waals surface area contributed by atoms with Gasteiger partial charge in [-0.1, -0.05) is 24.9 Å². The van der Waals surface area contributed by atoms with E-state index in [-0.39, 0.29) is 11.8 Å². The Balaban J connectivity index is 1.60. The number of anilines is 1. The highest BCUT2D eigenvalue weighted by molar-refractivity contribution is 5.89. The Labute approximate surface area is 147 Å². The molecule has 2 aromatic heterocycles. The number of carbonyl (C=O) groups excluding carboxylic acids is 1. The smallest absolute Gasteiger partial charge is 0.316 e. The van der Waals surface area contributed by atoms with Crippen molar-refractivity contribution in [1.82, 2.24) is 20.4 Å². The Morgan fingerprint density at radius 3 is 2.80 bits per heavy atom. The molecule has 3 rings (SSSR count). The number of hydrogen-bond acceptors (Lipinski definition) is 6. The fraction of sp³-hybridized carbons (Fsp3) is 0.556. The van der Waals surface area contributed by atoms with Gasteiger partial charge >= 0.3 is 11.8 Å². The Morgan fingerprint density at radius 2 is 2.08 bits per heavy atom. The quantitative estimate of drug-likeness (QED) is 0.778. The van der Waals surface area contributed by atoms with Crippen molar-refractivity contribution in [1.29, 1.82) is 0 Å². The summed E-state index contributed by atoms with van der Waals surface area (Å²) in [5, 5.41) is 6.69. The van der Waals surface area contributed by atoms with Gasteiger partial charge in [-0.2, -0.15) is 4.98 Å². The zero-order valence-corrected chi connectivity index (χ0v) is 14.7. The van der Waals surface area contributed by atoms with Crippen LogP contribution in [0.2, 0.25) is 0 Å². The standard InChI is InChI=1S/C18H25N5O2/c1-2-3-5-10-19-17(24)18-21-16(22-25-18)14-8-9-15(20-13-14)23-11-6-4-7-12-23/h8-9,13H,2-7,10-12H2,1H3,(H,19,24). The van der Waals surface area contributed by atoms with Gasteiger partial charge in [0.05, 0.1) is 0 Å². The maximum atomic E-state index is 12.0. The number of pyridine rings is 1. The number of unbranched alkanes of at least 4 members (excludes halogenated alkanes) is 2. The van der Waals surface area contributed by atoms with E-state index in [4.69, 9.17) is 4.52 Å². The molecule has 25 heavy (non-hydrogen) atoms. The normalized spacial score (nSPS) is 14.5. The van der Waals surface area contributed by atoms with E-state index in [2.05, 4.69) is 32.3 Å². The first kappa shape index (κ1) is 17.4. The molecule has 0 aliphatic carbocycles. The molecule has 1 fully saturated rings. The van der Waals surface area contributed by atoms with Gasteiger partial charge in [0.25, 0.3) is 0 Å². The molecule has 1 N–H and O–H groups in total. The number of nitrogens with one attached hydrogen (secondary N) is 1. The van der Waals surface area contributed by atoms with Crippen molar-refractivity contribution in [2.24, 2.45) is 0 Å². The predicted molar refractivity (Wildman–Crippen MR) is 95.5 cm³/mol. The first-order valence-electron chi connectivity index (χ1n) is 9.11. The first-order chi connectivity index (χ1) is 12.3. The molecule has 0 unspecified atom stereocenters. The van der Waals surface area contributed by atoms with Crippen LogP contribution in [0.15, 0.2) is 22.9 Å². The Hall–Kier alpha value is -2.44. The summed E-state index contributed by atoms with van der Waals surface area (Å²) in [6.07, 6.45) is 8.60. The van der Waals surface area contributed by atoms with E-state index in [1.54, 1.807) is 6.20 Å². The lowest BCUT2D eigenvalue weighted by atomic mass is 10.1. The van der Waals surface area contributed by atoms with Crippen LogP contribution in [-0.2, 0) is 0 Å². The average molecular weight is 343 g/mol. The Morgan fingerprint density at radius 1 is 1.24 bits per heavy atom. The van der Waals surface area contributed by atoms with Gasteiger partial charge in [-0.15, -0.1) is 0 Å². The van der Waals surface area contributed by atoms with Crippen LogP contribution in [0.1, 0.15) is 56.1 Å². The van der Waals surface area contributed by atoms with Crippen LogP contribution in [0.4, 0.5) is 5.82 Å². The lowest BCUT2D eigenvalue weighted by Crippen LogP contribution is -2.29. The zero-order valence-electron chi connectivity index (χ0n) is 14.7. The molecule has 0 aromatic carbocycles. The third-order valence-corrected chi connectivity index (χ3v) is 4.37. The number of piperidine rings is 1. The highest BCUT2D eigenvalue weighted by atomic mass is 16.5. The number of aromatic nitrogens is 3. The van der Waals surface area contributed by atoms with Crippen molar-refractivity contribution in [3.8, 4) is 11.4 Å². The molecule has 1 saturated heterocycles. The van der Waals surface area contributed by atoms with Crippen LogP contribution in [0.5, 0.6) is 0 Å². The molecule has 134 valence electrons. The minimum Gasteiger partial charge on any atom is -0.357 e. The zero-order chi connectivity index (χ0) is 17.5. The van der Waals surface area contributed by atoms with Gasteiger partial charge in [-0.05, 0) is 37.8 Å². The minimum atomic E-state index is -0.326. The largest absolute Gasteiger partial charge is 0.357 e. The fourth-order valence-corrected chi connectivity index (χ4v) is 2.91. The van der Waals surface area contributed by atoms with Gasteiger partial charge < -0.3 is 14.7 Å². The molecule has 3 heterocycles.